The Morgan fingerprint density at radius 3 is 2.89 bits per heavy atom. The molecule has 0 aliphatic carbocycles. The summed E-state index contributed by atoms with van der Waals surface area (Å²) in [7, 11) is 0. The van der Waals surface area contributed by atoms with Crippen LogP contribution in [0.15, 0.2) is 18.3 Å². The lowest BCUT2D eigenvalue weighted by Gasteiger charge is -2.14. The molecule has 2 aromatic heterocycles. The Hall–Kier alpha value is -2.18. The highest BCUT2D eigenvalue weighted by Gasteiger charge is 2.15. The van der Waals surface area contributed by atoms with Crippen molar-refractivity contribution in [3.63, 3.8) is 0 Å². The summed E-state index contributed by atoms with van der Waals surface area (Å²) in [5.41, 5.74) is 0.662. The van der Waals surface area contributed by atoms with E-state index in [1.165, 1.54) is 0 Å². The molecule has 2 aromatic rings. The van der Waals surface area contributed by atoms with Gasteiger partial charge >= 0.3 is 0 Å². The Labute approximate surface area is 111 Å². The molecule has 0 aliphatic rings. The molecule has 0 spiro atoms. The van der Waals surface area contributed by atoms with Gasteiger partial charge in [0.1, 0.15) is 5.69 Å². The van der Waals surface area contributed by atoms with Crippen molar-refractivity contribution in [2.45, 2.75) is 32.7 Å². The van der Waals surface area contributed by atoms with Crippen LogP contribution in [0.2, 0.25) is 0 Å². The summed E-state index contributed by atoms with van der Waals surface area (Å²) in [6, 6.07) is 3.94. The second-order valence-corrected chi connectivity index (χ2v) is 4.78. The Kier molecular flexibility index (Phi) is 3.94. The molecule has 0 aromatic carbocycles. The minimum Gasteiger partial charge on any atom is -0.350 e. The van der Waals surface area contributed by atoms with Gasteiger partial charge in [-0.25, -0.2) is 0 Å². The Morgan fingerprint density at radius 2 is 2.26 bits per heavy atom. The topological polar surface area (TPSA) is 88.5 Å². The van der Waals surface area contributed by atoms with E-state index in [4.69, 9.17) is 0 Å². The fraction of sp³-hybridized carbons (Fsp3) is 0.500. The van der Waals surface area contributed by atoms with Gasteiger partial charge in [-0.1, -0.05) is 12.1 Å². The van der Waals surface area contributed by atoms with Gasteiger partial charge in [0, 0.05) is 24.7 Å². The Morgan fingerprint density at radius 1 is 1.47 bits per heavy atom. The standard InChI is InChI=1S/C12H18N6O/c1-8(2)18-6-4-5-10(18)12(19)13-7-9(3)11-14-16-17-15-11/h4-6,8-9H,7H2,1-3H3,(H,13,19)(H,14,15,16,17)/t9-/m1/s1. The highest BCUT2D eigenvalue weighted by molar-refractivity contribution is 5.92. The third-order valence-corrected chi connectivity index (χ3v) is 2.94. The lowest BCUT2D eigenvalue weighted by molar-refractivity contribution is 0.0940. The van der Waals surface area contributed by atoms with Crippen molar-refractivity contribution in [1.82, 2.24) is 30.5 Å². The smallest absolute Gasteiger partial charge is 0.267 e. The quantitative estimate of drug-likeness (QED) is 0.845. The third-order valence-electron chi connectivity index (χ3n) is 2.94. The molecule has 19 heavy (non-hydrogen) atoms. The van der Waals surface area contributed by atoms with Gasteiger partial charge in [0.25, 0.3) is 5.91 Å². The number of amides is 1. The van der Waals surface area contributed by atoms with Crippen molar-refractivity contribution in [3.8, 4) is 0 Å². The van der Waals surface area contributed by atoms with Gasteiger partial charge in [0.15, 0.2) is 5.82 Å². The first-order chi connectivity index (χ1) is 9.09. The van der Waals surface area contributed by atoms with Crippen molar-refractivity contribution in [1.29, 1.82) is 0 Å². The molecule has 0 saturated carbocycles. The van der Waals surface area contributed by atoms with E-state index < -0.39 is 0 Å². The highest BCUT2D eigenvalue weighted by atomic mass is 16.1. The Balaban J connectivity index is 1.96. The lowest BCUT2D eigenvalue weighted by Crippen LogP contribution is -2.30. The van der Waals surface area contributed by atoms with Crippen molar-refractivity contribution >= 4 is 5.91 Å². The fourth-order valence-electron chi connectivity index (χ4n) is 1.84. The SMILES string of the molecule is CC(C)n1cccc1C(=O)NC[C@@H](C)c1nn[nH]n1. The summed E-state index contributed by atoms with van der Waals surface area (Å²) >= 11 is 0. The number of aromatic nitrogens is 5. The first-order valence-corrected chi connectivity index (χ1v) is 6.28. The van der Waals surface area contributed by atoms with E-state index in [9.17, 15) is 4.79 Å². The zero-order valence-corrected chi connectivity index (χ0v) is 11.3. The molecule has 7 nitrogen and oxygen atoms in total. The normalized spacial score (nSPS) is 12.6. The predicted octanol–water partition coefficient (Wildman–Crippen LogP) is 1.12. The van der Waals surface area contributed by atoms with Crippen LogP contribution in [0, 0.1) is 0 Å². The fourth-order valence-corrected chi connectivity index (χ4v) is 1.84. The van der Waals surface area contributed by atoms with Crippen LogP contribution in [0.3, 0.4) is 0 Å². The van der Waals surface area contributed by atoms with E-state index in [2.05, 4.69) is 25.9 Å². The molecule has 102 valence electrons. The number of H-pyrrole nitrogens is 1. The van der Waals surface area contributed by atoms with Crippen LogP contribution in [-0.2, 0) is 0 Å². The van der Waals surface area contributed by atoms with Crippen LogP contribution in [0.1, 0.15) is 49.0 Å². The van der Waals surface area contributed by atoms with Gasteiger partial charge < -0.3 is 9.88 Å². The van der Waals surface area contributed by atoms with E-state index in [0.29, 0.717) is 18.1 Å². The number of carbonyl (C=O) groups excluding carboxylic acids is 1. The van der Waals surface area contributed by atoms with E-state index in [-0.39, 0.29) is 17.9 Å². The summed E-state index contributed by atoms with van der Waals surface area (Å²) in [4.78, 5) is 12.1. The van der Waals surface area contributed by atoms with E-state index in [1.54, 1.807) is 0 Å². The molecule has 0 aliphatic heterocycles. The van der Waals surface area contributed by atoms with Crippen LogP contribution >= 0.6 is 0 Å². The van der Waals surface area contributed by atoms with Crippen LogP contribution < -0.4 is 5.32 Å². The maximum absolute atomic E-state index is 12.1. The molecule has 2 rings (SSSR count). The van der Waals surface area contributed by atoms with Crippen molar-refractivity contribution in [2.24, 2.45) is 0 Å². The number of nitrogens with zero attached hydrogens (tertiary/aromatic N) is 4. The van der Waals surface area contributed by atoms with Gasteiger partial charge in [-0.3, -0.25) is 4.79 Å². The number of hydrogen-bond donors (Lipinski definition) is 2. The van der Waals surface area contributed by atoms with Gasteiger partial charge in [-0.15, -0.1) is 10.2 Å². The molecule has 0 bridgehead atoms. The van der Waals surface area contributed by atoms with Crippen LogP contribution in [-0.4, -0.2) is 37.6 Å². The van der Waals surface area contributed by atoms with Gasteiger partial charge in [-0.2, -0.15) is 5.21 Å². The minimum atomic E-state index is -0.0888. The maximum Gasteiger partial charge on any atom is 0.267 e. The molecule has 1 atom stereocenters. The molecule has 0 radical (unpaired) electrons. The third kappa shape index (κ3) is 2.98. The lowest BCUT2D eigenvalue weighted by atomic mass is 10.1. The summed E-state index contributed by atoms with van der Waals surface area (Å²) in [5, 5.41) is 16.6. The number of aromatic amines is 1. The number of carbonyl (C=O) groups is 1. The largest absolute Gasteiger partial charge is 0.350 e. The van der Waals surface area contributed by atoms with Crippen LogP contribution in [0.5, 0.6) is 0 Å². The van der Waals surface area contributed by atoms with Gasteiger partial charge in [-0.05, 0) is 26.0 Å². The first kappa shape index (κ1) is 13.3. The molecule has 2 N–H and O–H groups in total. The molecular weight excluding hydrogens is 244 g/mol. The maximum atomic E-state index is 12.1. The predicted molar refractivity (Wildman–Crippen MR) is 69.7 cm³/mol. The molecule has 0 unspecified atom stereocenters. The summed E-state index contributed by atoms with van der Waals surface area (Å²) in [6.45, 7) is 6.49. The highest BCUT2D eigenvalue weighted by Crippen LogP contribution is 2.11. The molecule has 0 saturated heterocycles. The zero-order valence-electron chi connectivity index (χ0n) is 11.3. The van der Waals surface area contributed by atoms with E-state index in [0.717, 1.165) is 0 Å². The number of hydrogen-bond acceptors (Lipinski definition) is 4. The summed E-state index contributed by atoms with van der Waals surface area (Å²) < 4.78 is 1.94. The molecule has 0 fully saturated rings. The average Bonchev–Trinajstić information content (AvgIpc) is 3.04. The second kappa shape index (κ2) is 5.64. The minimum absolute atomic E-state index is 0.0187. The van der Waals surface area contributed by atoms with Crippen molar-refractivity contribution < 1.29 is 4.79 Å². The second-order valence-electron chi connectivity index (χ2n) is 4.78. The zero-order chi connectivity index (χ0) is 13.8. The van der Waals surface area contributed by atoms with E-state index in [1.807, 2.05) is 43.7 Å². The van der Waals surface area contributed by atoms with Crippen molar-refractivity contribution in [2.75, 3.05) is 6.54 Å². The molecule has 1 amide bonds. The number of rotatable bonds is 5. The number of nitrogens with one attached hydrogen (secondary N) is 2. The Bertz CT molecular complexity index is 530. The molecule has 7 heteroatoms. The molecular formula is C12H18N6O. The summed E-state index contributed by atoms with van der Waals surface area (Å²) in [6.07, 6.45) is 1.90. The molecule has 2 heterocycles. The van der Waals surface area contributed by atoms with E-state index >= 15 is 0 Å². The average molecular weight is 262 g/mol. The number of tetrazole rings is 1. The first-order valence-electron chi connectivity index (χ1n) is 6.28. The van der Waals surface area contributed by atoms with Crippen molar-refractivity contribution in [3.05, 3.63) is 29.8 Å². The monoisotopic (exact) mass is 262 g/mol. The van der Waals surface area contributed by atoms with Crippen LogP contribution in [0.25, 0.3) is 0 Å². The van der Waals surface area contributed by atoms with Gasteiger partial charge in [0.05, 0.1) is 0 Å². The van der Waals surface area contributed by atoms with Gasteiger partial charge in [0.2, 0.25) is 0 Å². The van der Waals surface area contributed by atoms with Crippen LogP contribution in [0.4, 0.5) is 0 Å². The summed E-state index contributed by atoms with van der Waals surface area (Å²) in [5.74, 6) is 0.527.